The first-order chi connectivity index (χ1) is 36.0. The van der Waals surface area contributed by atoms with E-state index in [1.54, 1.807) is 62.4 Å². The number of phenols is 2. The zero-order valence-corrected chi connectivity index (χ0v) is 46.1. The average Bonchev–Trinajstić information content (AvgIpc) is 3.41. The number of hydrogen-bond donors (Lipinski definition) is 4. The molecule has 76 heavy (non-hydrogen) atoms. The normalized spacial score (nSPS) is 27.1. The van der Waals surface area contributed by atoms with Gasteiger partial charge in [-0.25, -0.2) is 34.2 Å². The van der Waals surface area contributed by atoms with E-state index in [9.17, 15) is 27.0 Å². The summed E-state index contributed by atoms with van der Waals surface area (Å²) >= 11 is 0. The summed E-state index contributed by atoms with van der Waals surface area (Å²) in [5, 5.41) is 28.6. The lowest BCUT2D eigenvalue weighted by Crippen LogP contribution is -2.77. The predicted molar refractivity (Wildman–Crippen MR) is 289 cm³/mol. The zero-order valence-electron chi connectivity index (χ0n) is 44.5. The van der Waals surface area contributed by atoms with Gasteiger partial charge in [0.1, 0.15) is 23.1 Å². The van der Waals surface area contributed by atoms with Crippen LogP contribution >= 0.6 is 0 Å². The Hall–Kier alpha value is -4.99. The van der Waals surface area contributed by atoms with Crippen molar-refractivity contribution in [1.29, 1.82) is 0 Å². The summed E-state index contributed by atoms with van der Waals surface area (Å²) in [6, 6.07) is 21.6. The summed E-state index contributed by atoms with van der Waals surface area (Å²) in [7, 11) is -4.62. The topological polar surface area (TPSA) is 197 Å². The lowest BCUT2D eigenvalue weighted by Gasteiger charge is -2.63. The lowest BCUT2D eigenvalue weighted by atomic mass is 9.54. The molecule has 0 aromatic heterocycles. The quantitative estimate of drug-likeness (QED) is 0.0836. The number of nitrogens with one attached hydrogen (secondary N) is 2. The molecule has 8 atom stereocenters. The summed E-state index contributed by atoms with van der Waals surface area (Å²) in [5.41, 5.74) is -1.03. The Labute approximate surface area is 447 Å². The van der Waals surface area contributed by atoms with Gasteiger partial charge in [0.15, 0.2) is 17.3 Å². The minimum absolute atomic E-state index is 0.00859. The van der Waals surface area contributed by atoms with Crippen LogP contribution in [0.4, 0.5) is 8.78 Å². The highest BCUT2D eigenvalue weighted by Crippen LogP contribution is 2.56. The van der Waals surface area contributed by atoms with Crippen molar-refractivity contribution in [3.63, 3.8) is 0 Å². The molecule has 0 amide bonds. The molecule has 0 spiro atoms. The lowest BCUT2D eigenvalue weighted by molar-refractivity contribution is -0.165. The van der Waals surface area contributed by atoms with Crippen molar-refractivity contribution >= 4 is 37.4 Å². The number of Topliss-reactive ketones (excluding diaryl/α,β-unsaturated/α-hetero) is 3. The van der Waals surface area contributed by atoms with E-state index >= 15 is 23.2 Å². The average molecular weight is 1090 g/mol. The molecule has 4 aliphatic heterocycles. The van der Waals surface area contributed by atoms with E-state index < -0.39 is 78.3 Å². The molecule has 2 unspecified atom stereocenters. The Morgan fingerprint density at radius 2 is 1.01 bits per heavy atom. The number of carbonyl (C=O) groups is 3. The van der Waals surface area contributed by atoms with Crippen LogP contribution in [0.15, 0.2) is 84.9 Å². The van der Waals surface area contributed by atoms with Crippen LogP contribution in [-0.2, 0) is 24.8 Å². The SMILES string of the molecule is Cc1c(F)cccc1[C@@H]1C[C@](C(=O)[C@]2(C3CCCNC3)C[C@@H](c3cccc(F)c3C)[C@@H](C(=O)c3cccc(O)c3)CN2CCN(C)S(C)(=O)=O)(C2CCCNC2)N(CCN(C)S(C)(=O)=O)C[C@@H]1C(=O)c1cccc(O)c1. The number of benzene rings is 4. The molecule has 4 saturated heterocycles. The van der Waals surface area contributed by atoms with E-state index in [0.29, 0.717) is 74.1 Å². The second-order valence-corrected chi connectivity index (χ2v) is 26.1. The van der Waals surface area contributed by atoms with Crippen molar-refractivity contribution in [2.75, 3.05) is 92.1 Å². The van der Waals surface area contributed by atoms with Crippen molar-refractivity contribution in [2.45, 2.75) is 75.3 Å². The van der Waals surface area contributed by atoms with Crippen molar-refractivity contribution in [3.05, 3.63) is 130 Å². The smallest absolute Gasteiger partial charge is 0.210 e. The van der Waals surface area contributed by atoms with Crippen LogP contribution in [0.1, 0.15) is 93.3 Å². The molecule has 15 nitrogen and oxygen atoms in total. The molecule has 0 saturated carbocycles. The molecule has 4 fully saturated rings. The minimum atomic E-state index is -3.77. The van der Waals surface area contributed by atoms with Crippen molar-refractivity contribution in [3.8, 4) is 11.5 Å². The fourth-order valence-electron chi connectivity index (χ4n) is 13.3. The Morgan fingerprint density at radius 1 is 0.632 bits per heavy atom. The highest BCUT2D eigenvalue weighted by Gasteiger charge is 2.66. The first-order valence-electron chi connectivity index (χ1n) is 26.4. The molecule has 8 rings (SSSR count). The van der Waals surface area contributed by atoms with Gasteiger partial charge < -0.3 is 20.8 Å². The van der Waals surface area contributed by atoms with Gasteiger partial charge in [-0.05, 0) is 148 Å². The molecule has 19 heteroatoms. The van der Waals surface area contributed by atoms with Crippen LogP contribution in [0, 0.1) is 49.2 Å². The maximum absolute atomic E-state index is 18.2. The molecule has 4 aliphatic rings. The fourth-order valence-corrected chi connectivity index (χ4v) is 14.1. The molecular formula is C57H74F2N6O9S2. The van der Waals surface area contributed by atoms with Gasteiger partial charge in [0.25, 0.3) is 0 Å². The van der Waals surface area contributed by atoms with E-state index in [2.05, 4.69) is 10.6 Å². The van der Waals surface area contributed by atoms with Crippen LogP contribution in [-0.4, -0.2) is 166 Å². The molecule has 4 heterocycles. The number of likely N-dealkylation sites (N-methyl/N-ethyl adjacent to an activating group) is 2. The van der Waals surface area contributed by atoms with Crippen LogP contribution in [0.5, 0.6) is 11.5 Å². The monoisotopic (exact) mass is 1090 g/mol. The molecule has 4 aromatic rings. The molecule has 0 bridgehead atoms. The van der Waals surface area contributed by atoms with E-state index in [-0.39, 0.29) is 92.1 Å². The molecular weight excluding hydrogens is 1010 g/mol. The number of piperidine rings is 4. The summed E-state index contributed by atoms with van der Waals surface area (Å²) in [6.45, 7) is 5.03. The third-order valence-corrected chi connectivity index (χ3v) is 20.2. The zero-order chi connectivity index (χ0) is 54.9. The molecule has 412 valence electrons. The number of nitrogens with zero attached hydrogens (tertiary/aromatic N) is 4. The van der Waals surface area contributed by atoms with Crippen LogP contribution in [0.2, 0.25) is 0 Å². The summed E-state index contributed by atoms with van der Waals surface area (Å²) < 4.78 is 87.7. The third kappa shape index (κ3) is 11.4. The van der Waals surface area contributed by atoms with Crippen molar-refractivity contribution in [1.82, 2.24) is 29.0 Å². The maximum atomic E-state index is 18.2. The number of likely N-dealkylation sites (tertiary alicyclic amines) is 2. The Kier molecular flexibility index (Phi) is 17.4. The second kappa shape index (κ2) is 23.1. The van der Waals surface area contributed by atoms with Gasteiger partial charge >= 0.3 is 0 Å². The van der Waals surface area contributed by atoms with Crippen LogP contribution in [0.3, 0.4) is 0 Å². The molecule has 0 aliphatic carbocycles. The van der Waals surface area contributed by atoms with Gasteiger partial charge in [0, 0.05) is 89.4 Å². The van der Waals surface area contributed by atoms with Gasteiger partial charge in [-0.15, -0.1) is 0 Å². The molecule has 0 radical (unpaired) electrons. The van der Waals surface area contributed by atoms with Gasteiger partial charge in [-0.2, -0.15) is 0 Å². The number of phenolic OH excluding ortho intramolecular Hbond substituents is 2. The highest BCUT2D eigenvalue weighted by molar-refractivity contribution is 7.88. The first-order valence-corrected chi connectivity index (χ1v) is 30.1. The van der Waals surface area contributed by atoms with E-state index in [1.165, 1.54) is 59.1 Å². The summed E-state index contributed by atoms with van der Waals surface area (Å²) in [5.74, 6) is -6.65. The van der Waals surface area contributed by atoms with Crippen LogP contribution in [0.25, 0.3) is 0 Å². The minimum Gasteiger partial charge on any atom is -0.508 e. The van der Waals surface area contributed by atoms with Gasteiger partial charge in [0.2, 0.25) is 20.0 Å². The number of ketones is 3. The molecule has 4 N–H and O–H groups in total. The number of carbonyl (C=O) groups excluding carboxylic acids is 3. The number of aromatic hydroxyl groups is 2. The predicted octanol–water partition coefficient (Wildman–Crippen LogP) is 6.10. The second-order valence-electron chi connectivity index (χ2n) is 21.9. The van der Waals surface area contributed by atoms with E-state index in [4.69, 9.17) is 0 Å². The van der Waals surface area contributed by atoms with Gasteiger partial charge in [0.05, 0.1) is 23.6 Å². The standard InChI is InChI=1S/C57H74F2N6O9S2/c1-37-45(19-9-21-51(37)58)47-31-56(41-15-11-23-60-33-41,64(27-25-62(3)75(5,71)72)35-49(47)53(68)39-13-7-17-43(66)29-39)55(70)57(42-16-12-24-61-34-42)32-48(46-20-10-22-52(59)38(46)2)50(54(69)40-14-8-18-44(67)30-40)36-65(57)28-26-63(4)76(6,73)74/h7-10,13-14,17-22,29-30,41-42,47-50,60-61,66-67H,11-12,15-16,23-28,31-36H2,1-6H3/t41?,42?,47-,48-,49-,50-,56+,57+/m0/s1. The third-order valence-electron chi connectivity index (χ3n) is 17.6. The Bertz CT molecular complexity index is 2830. The first kappa shape index (κ1) is 57.2. The summed E-state index contributed by atoms with van der Waals surface area (Å²) in [4.78, 5) is 52.9. The number of hydrogen-bond acceptors (Lipinski definition) is 13. The maximum Gasteiger partial charge on any atom is 0.210 e. The summed E-state index contributed by atoms with van der Waals surface area (Å²) in [6.07, 6.45) is 4.58. The number of rotatable bonds is 18. The van der Waals surface area contributed by atoms with E-state index in [0.717, 1.165) is 12.5 Å². The Balaban J connectivity index is 1.44. The number of halogens is 2. The van der Waals surface area contributed by atoms with Gasteiger partial charge in [-0.1, -0.05) is 48.5 Å². The molecule has 4 aromatic carbocycles. The Morgan fingerprint density at radius 3 is 1.36 bits per heavy atom. The van der Waals surface area contributed by atoms with Gasteiger partial charge in [-0.3, -0.25) is 24.2 Å². The van der Waals surface area contributed by atoms with Crippen LogP contribution < -0.4 is 10.6 Å². The van der Waals surface area contributed by atoms with E-state index in [1.807, 2.05) is 9.80 Å². The van der Waals surface area contributed by atoms with Crippen molar-refractivity contribution < 1.29 is 50.2 Å². The van der Waals surface area contributed by atoms with Crippen molar-refractivity contribution in [2.24, 2.45) is 23.7 Å². The number of sulfonamides is 2. The highest BCUT2D eigenvalue weighted by atomic mass is 32.2. The largest absolute Gasteiger partial charge is 0.508 e. The fraction of sp³-hybridized carbons (Fsp3) is 0.526.